The van der Waals surface area contributed by atoms with Gasteiger partial charge in [0.25, 0.3) is 0 Å². The largest absolute Gasteiger partial charge is 0.465 e. The lowest BCUT2D eigenvalue weighted by atomic mass is 10.1. The summed E-state index contributed by atoms with van der Waals surface area (Å²) < 4.78 is 4.59. The van der Waals surface area contributed by atoms with Gasteiger partial charge >= 0.3 is 11.7 Å². The zero-order valence-electron chi connectivity index (χ0n) is 7.74. The number of nitrogens with zero attached hydrogens (tertiary/aromatic N) is 1. The van der Waals surface area contributed by atoms with E-state index in [9.17, 15) is 9.59 Å². The number of aromatic amines is 1. The highest BCUT2D eigenvalue weighted by atomic mass is 16.5. The predicted octanol–water partition coefficient (Wildman–Crippen LogP) is 0.434. The van der Waals surface area contributed by atoms with E-state index in [2.05, 4.69) is 14.7 Å². The van der Waals surface area contributed by atoms with Gasteiger partial charge in [0.2, 0.25) is 0 Å². The molecule has 0 unspecified atom stereocenters. The van der Waals surface area contributed by atoms with Crippen LogP contribution in [0.3, 0.4) is 0 Å². The van der Waals surface area contributed by atoms with Crippen LogP contribution in [-0.4, -0.2) is 23.0 Å². The standard InChI is InChI=1S/C9H10N2O3/c1-14-8(12)6-4-10-9(13)11-7(6)5-2-3-5/h4-5H,2-3H2,1H3,(H,10,11,13). The van der Waals surface area contributed by atoms with Gasteiger partial charge < -0.3 is 9.72 Å². The second-order valence-corrected chi connectivity index (χ2v) is 3.28. The van der Waals surface area contributed by atoms with Crippen LogP contribution in [0.15, 0.2) is 11.0 Å². The third-order valence-electron chi connectivity index (χ3n) is 2.23. The van der Waals surface area contributed by atoms with Crippen LogP contribution in [0.5, 0.6) is 0 Å². The highest BCUT2D eigenvalue weighted by Gasteiger charge is 2.29. The van der Waals surface area contributed by atoms with Crippen molar-refractivity contribution in [3.05, 3.63) is 27.9 Å². The first-order valence-corrected chi connectivity index (χ1v) is 4.40. The van der Waals surface area contributed by atoms with Crippen LogP contribution < -0.4 is 5.69 Å². The van der Waals surface area contributed by atoms with Crippen LogP contribution in [0.2, 0.25) is 0 Å². The number of ether oxygens (including phenoxy) is 1. The van der Waals surface area contributed by atoms with Crippen LogP contribution in [0, 0.1) is 0 Å². The lowest BCUT2D eigenvalue weighted by molar-refractivity contribution is 0.0598. The van der Waals surface area contributed by atoms with Gasteiger partial charge in [-0.3, -0.25) is 0 Å². The molecule has 1 aliphatic carbocycles. The van der Waals surface area contributed by atoms with Crippen molar-refractivity contribution in [1.82, 2.24) is 9.97 Å². The topological polar surface area (TPSA) is 72.0 Å². The molecule has 1 N–H and O–H groups in total. The SMILES string of the molecule is COC(=O)c1cnc(=O)[nH]c1C1CC1. The smallest absolute Gasteiger partial charge is 0.345 e. The summed E-state index contributed by atoms with van der Waals surface area (Å²) in [6.45, 7) is 0. The van der Waals surface area contributed by atoms with Gasteiger partial charge in [-0.2, -0.15) is 0 Å². The molecular formula is C9H10N2O3. The number of carbonyl (C=O) groups is 1. The summed E-state index contributed by atoms with van der Waals surface area (Å²) in [5, 5.41) is 0. The van der Waals surface area contributed by atoms with Crippen molar-refractivity contribution in [2.45, 2.75) is 18.8 Å². The fourth-order valence-electron chi connectivity index (χ4n) is 1.37. The maximum atomic E-state index is 11.3. The van der Waals surface area contributed by atoms with E-state index < -0.39 is 11.7 Å². The van der Waals surface area contributed by atoms with Gasteiger partial charge in [-0.05, 0) is 12.8 Å². The number of hydrogen-bond acceptors (Lipinski definition) is 4. The first kappa shape index (κ1) is 8.93. The normalized spacial score (nSPS) is 15.2. The molecule has 1 aromatic heterocycles. The Labute approximate surface area is 80.1 Å². The maximum absolute atomic E-state index is 11.3. The zero-order valence-corrected chi connectivity index (χ0v) is 7.74. The van der Waals surface area contributed by atoms with Crippen LogP contribution in [0.25, 0.3) is 0 Å². The van der Waals surface area contributed by atoms with Crippen LogP contribution in [0.1, 0.15) is 34.8 Å². The predicted molar refractivity (Wildman–Crippen MR) is 48.2 cm³/mol. The fourth-order valence-corrected chi connectivity index (χ4v) is 1.37. The minimum atomic E-state index is -0.448. The summed E-state index contributed by atoms with van der Waals surface area (Å²) >= 11 is 0. The Morgan fingerprint density at radius 1 is 1.64 bits per heavy atom. The summed E-state index contributed by atoms with van der Waals surface area (Å²) in [6, 6.07) is 0. The molecule has 0 saturated heterocycles. The molecule has 1 fully saturated rings. The molecule has 1 heterocycles. The monoisotopic (exact) mass is 194 g/mol. The molecule has 1 aromatic rings. The van der Waals surface area contributed by atoms with E-state index in [0.29, 0.717) is 17.2 Å². The van der Waals surface area contributed by atoms with Crippen LogP contribution >= 0.6 is 0 Å². The van der Waals surface area contributed by atoms with E-state index in [-0.39, 0.29) is 0 Å². The number of carbonyl (C=O) groups excluding carboxylic acids is 1. The fraction of sp³-hybridized carbons (Fsp3) is 0.444. The van der Waals surface area contributed by atoms with Gasteiger partial charge in [0.15, 0.2) is 0 Å². The minimum absolute atomic E-state index is 0.291. The Morgan fingerprint density at radius 2 is 2.36 bits per heavy atom. The average Bonchev–Trinajstić information content (AvgIpc) is 3.00. The van der Waals surface area contributed by atoms with Crippen molar-refractivity contribution in [2.75, 3.05) is 7.11 Å². The highest BCUT2D eigenvalue weighted by molar-refractivity contribution is 5.90. The molecule has 0 bridgehead atoms. The molecule has 0 amide bonds. The van der Waals surface area contributed by atoms with E-state index in [1.54, 1.807) is 0 Å². The number of rotatable bonds is 2. The molecule has 0 spiro atoms. The lowest BCUT2D eigenvalue weighted by Gasteiger charge is -2.04. The Hall–Kier alpha value is -1.65. The molecule has 0 aliphatic heterocycles. The molecule has 14 heavy (non-hydrogen) atoms. The number of nitrogens with one attached hydrogen (secondary N) is 1. The summed E-state index contributed by atoms with van der Waals surface area (Å²) in [5.41, 5.74) is 0.617. The van der Waals surface area contributed by atoms with Crippen molar-refractivity contribution in [2.24, 2.45) is 0 Å². The van der Waals surface area contributed by atoms with Crippen molar-refractivity contribution < 1.29 is 9.53 Å². The van der Waals surface area contributed by atoms with Gasteiger partial charge in [-0.1, -0.05) is 0 Å². The van der Waals surface area contributed by atoms with Crippen molar-refractivity contribution in [3.63, 3.8) is 0 Å². The summed E-state index contributed by atoms with van der Waals surface area (Å²) in [4.78, 5) is 28.4. The Morgan fingerprint density at radius 3 is 2.93 bits per heavy atom. The van der Waals surface area contributed by atoms with Gasteiger partial charge in [-0.25, -0.2) is 14.6 Å². The summed E-state index contributed by atoms with van der Waals surface area (Å²) in [7, 11) is 1.31. The maximum Gasteiger partial charge on any atom is 0.345 e. The Balaban J connectivity index is 2.47. The van der Waals surface area contributed by atoms with E-state index in [1.807, 2.05) is 0 Å². The molecule has 0 radical (unpaired) electrons. The molecular weight excluding hydrogens is 184 g/mol. The van der Waals surface area contributed by atoms with Crippen molar-refractivity contribution in [1.29, 1.82) is 0 Å². The first-order chi connectivity index (χ1) is 6.72. The van der Waals surface area contributed by atoms with Gasteiger partial charge in [0.05, 0.1) is 12.7 Å². The number of esters is 1. The van der Waals surface area contributed by atoms with E-state index in [0.717, 1.165) is 12.8 Å². The van der Waals surface area contributed by atoms with Gasteiger partial charge in [0, 0.05) is 17.8 Å². The molecule has 0 atom stereocenters. The third kappa shape index (κ3) is 1.53. The number of methoxy groups -OCH3 is 1. The molecule has 1 saturated carbocycles. The zero-order chi connectivity index (χ0) is 10.1. The molecule has 5 heteroatoms. The average molecular weight is 194 g/mol. The molecule has 74 valence electrons. The molecule has 2 rings (SSSR count). The second kappa shape index (κ2) is 3.25. The lowest BCUT2D eigenvalue weighted by Crippen LogP contribution is -2.17. The van der Waals surface area contributed by atoms with Crippen LogP contribution in [-0.2, 0) is 4.74 Å². The summed E-state index contributed by atoms with van der Waals surface area (Å²) in [6.07, 6.45) is 3.28. The quantitative estimate of drug-likeness (QED) is 0.693. The third-order valence-corrected chi connectivity index (χ3v) is 2.23. The molecule has 5 nitrogen and oxygen atoms in total. The number of hydrogen-bond donors (Lipinski definition) is 1. The molecule has 0 aromatic carbocycles. The summed E-state index contributed by atoms with van der Waals surface area (Å²) in [5.74, 6) is -0.157. The highest BCUT2D eigenvalue weighted by Crippen LogP contribution is 2.39. The van der Waals surface area contributed by atoms with E-state index in [1.165, 1.54) is 13.3 Å². The first-order valence-electron chi connectivity index (χ1n) is 4.40. The second-order valence-electron chi connectivity index (χ2n) is 3.28. The Kier molecular flexibility index (Phi) is 2.07. The Bertz CT molecular complexity index is 420. The van der Waals surface area contributed by atoms with Gasteiger partial charge in [0.1, 0.15) is 0 Å². The molecule has 1 aliphatic rings. The number of H-pyrrole nitrogens is 1. The van der Waals surface area contributed by atoms with Crippen molar-refractivity contribution >= 4 is 5.97 Å². The van der Waals surface area contributed by atoms with Crippen molar-refractivity contribution in [3.8, 4) is 0 Å². The number of aromatic nitrogens is 2. The van der Waals surface area contributed by atoms with Crippen LogP contribution in [0.4, 0.5) is 0 Å². The van der Waals surface area contributed by atoms with E-state index in [4.69, 9.17) is 0 Å². The minimum Gasteiger partial charge on any atom is -0.465 e. The van der Waals surface area contributed by atoms with Gasteiger partial charge in [-0.15, -0.1) is 0 Å². The van der Waals surface area contributed by atoms with E-state index >= 15 is 0 Å².